The van der Waals surface area contributed by atoms with E-state index in [0.29, 0.717) is 49.8 Å². The number of aliphatic hydroxyl groups excluding tert-OH is 1. The van der Waals surface area contributed by atoms with Crippen LogP contribution in [0.4, 0.5) is 0 Å². The molecule has 1 aliphatic heterocycles. The molecule has 9 nitrogen and oxygen atoms in total. The van der Waals surface area contributed by atoms with Crippen LogP contribution in [0.3, 0.4) is 0 Å². The second-order valence-corrected chi connectivity index (χ2v) is 12.3. The van der Waals surface area contributed by atoms with E-state index in [2.05, 4.69) is 21.2 Å². The lowest BCUT2D eigenvalue weighted by atomic mass is 9.83. The average molecular weight is 648 g/mol. The largest absolute Gasteiger partial charge is 0.494 e. The molecule has 0 spiro atoms. The number of carbonyl (C=O) groups is 2. The molecular formula is C32H43BrN2O7. The van der Waals surface area contributed by atoms with Crippen LogP contribution in [0.5, 0.6) is 5.75 Å². The number of hydrogen-bond acceptors (Lipinski definition) is 8. The van der Waals surface area contributed by atoms with Crippen molar-refractivity contribution in [3.05, 3.63) is 64.1 Å². The van der Waals surface area contributed by atoms with Crippen molar-refractivity contribution in [2.45, 2.75) is 83.6 Å². The van der Waals surface area contributed by atoms with E-state index in [4.69, 9.17) is 29.0 Å². The molecule has 2 N–H and O–H groups in total. The minimum Gasteiger partial charge on any atom is -0.494 e. The first-order valence-electron chi connectivity index (χ1n) is 14.4. The Morgan fingerprint density at radius 1 is 1.10 bits per heavy atom. The smallest absolute Gasteiger partial charge is 0.306 e. The van der Waals surface area contributed by atoms with E-state index in [0.717, 1.165) is 10.0 Å². The second kappa shape index (κ2) is 15.5. The fraction of sp³-hybridized carbons (Fsp3) is 0.531. The highest BCUT2D eigenvalue weighted by Crippen LogP contribution is 2.45. The minimum absolute atomic E-state index is 0.0279. The molecule has 2 atom stereocenters. The van der Waals surface area contributed by atoms with Gasteiger partial charge in [0.2, 0.25) is 5.90 Å². The Kier molecular flexibility index (Phi) is 12.4. The third kappa shape index (κ3) is 9.54. The van der Waals surface area contributed by atoms with Crippen molar-refractivity contribution >= 4 is 33.7 Å². The van der Waals surface area contributed by atoms with Crippen molar-refractivity contribution in [1.82, 2.24) is 5.32 Å². The van der Waals surface area contributed by atoms with Gasteiger partial charge in [-0.25, -0.2) is 4.99 Å². The number of aliphatic hydroxyl groups is 1. The number of benzene rings is 2. The fourth-order valence-electron chi connectivity index (χ4n) is 4.47. The van der Waals surface area contributed by atoms with Crippen molar-refractivity contribution in [2.75, 3.05) is 26.4 Å². The third-order valence-corrected chi connectivity index (χ3v) is 7.13. The minimum atomic E-state index is -1.44. The summed E-state index contributed by atoms with van der Waals surface area (Å²) in [7, 11) is 0. The fourth-order valence-corrected chi connectivity index (χ4v) is 4.96. The number of nitrogens with one attached hydrogen (secondary N) is 1. The molecule has 0 radical (unpaired) electrons. The highest BCUT2D eigenvalue weighted by Gasteiger charge is 2.53. The van der Waals surface area contributed by atoms with Crippen LogP contribution in [-0.2, 0) is 23.8 Å². The van der Waals surface area contributed by atoms with Crippen molar-refractivity contribution in [3.8, 4) is 5.75 Å². The monoisotopic (exact) mass is 646 g/mol. The Labute approximate surface area is 257 Å². The maximum absolute atomic E-state index is 14.1. The molecular weight excluding hydrogens is 604 g/mol. The molecule has 10 heteroatoms. The van der Waals surface area contributed by atoms with E-state index < -0.39 is 23.2 Å². The van der Waals surface area contributed by atoms with Gasteiger partial charge in [-0.15, -0.1) is 0 Å². The van der Waals surface area contributed by atoms with Crippen LogP contribution in [0, 0.1) is 0 Å². The summed E-state index contributed by atoms with van der Waals surface area (Å²) in [5.41, 5.74) is -0.695. The second-order valence-electron chi connectivity index (χ2n) is 11.4. The summed E-state index contributed by atoms with van der Waals surface area (Å²) in [6.45, 7) is 10.7. The summed E-state index contributed by atoms with van der Waals surface area (Å²) in [6.07, 6.45) is 0.499. The molecule has 0 saturated carbocycles. The number of esters is 1. The van der Waals surface area contributed by atoms with Crippen molar-refractivity contribution in [1.29, 1.82) is 0 Å². The Bertz CT molecular complexity index is 1210. The number of rotatable bonds is 15. The topological polar surface area (TPSA) is 116 Å². The zero-order valence-corrected chi connectivity index (χ0v) is 26.7. The predicted octanol–water partition coefficient (Wildman–Crippen LogP) is 5.52. The maximum Gasteiger partial charge on any atom is 0.306 e. The van der Waals surface area contributed by atoms with Gasteiger partial charge in [0, 0.05) is 48.2 Å². The summed E-state index contributed by atoms with van der Waals surface area (Å²) in [4.78, 5) is 31.9. The van der Waals surface area contributed by atoms with Crippen LogP contribution >= 0.6 is 15.9 Å². The Morgan fingerprint density at radius 2 is 1.81 bits per heavy atom. The third-order valence-electron chi connectivity index (χ3n) is 6.41. The van der Waals surface area contributed by atoms with Gasteiger partial charge in [0.25, 0.3) is 5.91 Å². The number of halogens is 1. The van der Waals surface area contributed by atoms with Crippen LogP contribution in [0.15, 0.2) is 58.0 Å². The molecule has 1 aliphatic rings. The standard InChI is InChI=1S/C32H43BrN2O7/c1-22(2)39-20-8-18-34-30(38)32(17-16-27(37)42-31(3,4)5)28(25-10-6-7-11-26(25)33)41-29(35-32)23-12-14-24(15-13-23)40-21-9-19-36/h6-7,10-15,22,28,36H,8-9,16-21H2,1-5H3,(H,34,38)/t28-,32-/m1/s1. The van der Waals surface area contributed by atoms with Gasteiger partial charge < -0.3 is 29.4 Å². The van der Waals surface area contributed by atoms with Gasteiger partial charge in [-0.05, 0) is 77.8 Å². The number of ether oxygens (including phenoxy) is 4. The molecule has 0 fully saturated rings. The zero-order chi connectivity index (χ0) is 30.8. The van der Waals surface area contributed by atoms with E-state index in [1.165, 1.54) is 0 Å². The highest BCUT2D eigenvalue weighted by atomic mass is 79.9. The average Bonchev–Trinajstić information content (AvgIpc) is 3.32. The summed E-state index contributed by atoms with van der Waals surface area (Å²) in [6, 6.07) is 14.7. The van der Waals surface area contributed by atoms with E-state index in [-0.39, 0.29) is 31.5 Å². The number of nitrogens with zero attached hydrogens (tertiary/aromatic N) is 1. The lowest BCUT2D eigenvalue weighted by Crippen LogP contribution is -2.49. The van der Waals surface area contributed by atoms with Crippen LogP contribution < -0.4 is 10.1 Å². The van der Waals surface area contributed by atoms with E-state index in [1.54, 1.807) is 12.1 Å². The van der Waals surface area contributed by atoms with Crippen LogP contribution in [-0.4, -0.2) is 66.5 Å². The summed E-state index contributed by atoms with van der Waals surface area (Å²) < 4.78 is 24.1. The van der Waals surface area contributed by atoms with Crippen molar-refractivity contribution in [2.24, 2.45) is 4.99 Å². The number of hydrogen-bond donors (Lipinski definition) is 2. The molecule has 0 aliphatic carbocycles. The lowest BCUT2D eigenvalue weighted by Gasteiger charge is -2.31. The van der Waals surface area contributed by atoms with Gasteiger partial charge in [0.05, 0.1) is 12.7 Å². The molecule has 0 aromatic heterocycles. The molecule has 42 heavy (non-hydrogen) atoms. The van der Waals surface area contributed by atoms with Crippen molar-refractivity contribution in [3.63, 3.8) is 0 Å². The van der Waals surface area contributed by atoms with Gasteiger partial charge in [-0.1, -0.05) is 34.1 Å². The molecule has 1 heterocycles. The quantitative estimate of drug-likeness (QED) is 0.193. The zero-order valence-electron chi connectivity index (χ0n) is 25.2. The molecule has 2 aromatic rings. The van der Waals surface area contributed by atoms with Gasteiger partial charge in [0.15, 0.2) is 11.6 Å². The molecule has 230 valence electrons. The number of amides is 1. The summed E-state index contributed by atoms with van der Waals surface area (Å²) in [5, 5.41) is 12.0. The Morgan fingerprint density at radius 3 is 2.45 bits per heavy atom. The first-order valence-corrected chi connectivity index (χ1v) is 15.2. The van der Waals surface area contributed by atoms with Crippen LogP contribution in [0.2, 0.25) is 0 Å². The normalized spacial score (nSPS) is 18.4. The Balaban J connectivity index is 1.98. The molecule has 1 amide bonds. The van der Waals surface area contributed by atoms with Crippen LogP contribution in [0.1, 0.15) is 77.5 Å². The molecule has 2 aromatic carbocycles. The lowest BCUT2D eigenvalue weighted by molar-refractivity contribution is -0.155. The predicted molar refractivity (Wildman–Crippen MR) is 165 cm³/mol. The van der Waals surface area contributed by atoms with Gasteiger partial charge in [-0.3, -0.25) is 9.59 Å². The SMILES string of the molecule is CC(C)OCCCNC(=O)[C@]1(CCC(=O)OC(C)(C)C)N=C(c2ccc(OCCCO)cc2)O[C@@H]1c1ccccc1Br. The first kappa shape index (κ1) is 33.6. The van der Waals surface area contributed by atoms with Crippen LogP contribution in [0.25, 0.3) is 0 Å². The molecule has 0 bridgehead atoms. The summed E-state index contributed by atoms with van der Waals surface area (Å²) in [5.74, 6) is 0.181. The molecule has 0 saturated heterocycles. The van der Waals surface area contributed by atoms with Gasteiger partial charge >= 0.3 is 5.97 Å². The summed E-state index contributed by atoms with van der Waals surface area (Å²) >= 11 is 3.62. The maximum atomic E-state index is 14.1. The van der Waals surface area contributed by atoms with Gasteiger partial charge in [-0.2, -0.15) is 0 Å². The van der Waals surface area contributed by atoms with E-state index in [1.807, 2.05) is 71.0 Å². The van der Waals surface area contributed by atoms with E-state index >= 15 is 0 Å². The molecule has 3 rings (SSSR count). The first-order chi connectivity index (χ1) is 19.9. The number of aliphatic imine (C=N–C) groups is 1. The number of carbonyl (C=O) groups excluding carboxylic acids is 2. The molecule has 0 unspecified atom stereocenters. The van der Waals surface area contributed by atoms with Crippen molar-refractivity contribution < 1.29 is 33.6 Å². The van der Waals surface area contributed by atoms with E-state index in [9.17, 15) is 9.59 Å². The van der Waals surface area contributed by atoms with Gasteiger partial charge in [0.1, 0.15) is 11.4 Å². The Hall–Kier alpha value is -2.95. The highest BCUT2D eigenvalue weighted by molar-refractivity contribution is 9.10.